The Balaban J connectivity index is 2.13. The van der Waals surface area contributed by atoms with Crippen molar-refractivity contribution in [2.24, 2.45) is 7.05 Å². The van der Waals surface area contributed by atoms with Crippen LogP contribution in [-0.2, 0) is 19.9 Å². The number of rotatable bonds is 3. The average Bonchev–Trinajstić information content (AvgIpc) is 3.00. The molecule has 1 aromatic carbocycles. The summed E-state index contributed by atoms with van der Waals surface area (Å²) in [4.78, 5) is 3.34. The van der Waals surface area contributed by atoms with E-state index in [4.69, 9.17) is 0 Å². The summed E-state index contributed by atoms with van der Waals surface area (Å²) >= 11 is 0. The maximum atomic E-state index is 3.34. The molecule has 19 heavy (non-hydrogen) atoms. The predicted molar refractivity (Wildman–Crippen MR) is 81.5 cm³/mol. The predicted octanol–water partition coefficient (Wildman–Crippen LogP) is 4.30. The molecular formula is C17H20N2. The number of aryl methyl sites for hydroxylation is 3. The number of H-pyrrole nitrogens is 1. The summed E-state index contributed by atoms with van der Waals surface area (Å²) in [6, 6.07) is 8.98. The maximum absolute atomic E-state index is 3.34. The number of fused-ring (bicyclic) bond motifs is 1. The number of hydrogen-bond acceptors (Lipinski definition) is 0. The van der Waals surface area contributed by atoms with Gasteiger partial charge in [0.05, 0.1) is 0 Å². The standard InChI is InChI=1S/C17H20N2/c1-4-12-10-18-17-7-6-13(9-16(12)17)14-8-15(5-2)19(3)11-14/h6-11,18H,4-5H2,1-3H3. The van der Waals surface area contributed by atoms with Crippen molar-refractivity contribution in [2.75, 3.05) is 0 Å². The Hall–Kier alpha value is -1.96. The monoisotopic (exact) mass is 252 g/mol. The van der Waals surface area contributed by atoms with Crippen LogP contribution in [0.15, 0.2) is 36.7 Å². The highest BCUT2D eigenvalue weighted by atomic mass is 14.9. The summed E-state index contributed by atoms with van der Waals surface area (Å²) in [6.45, 7) is 4.40. The van der Waals surface area contributed by atoms with E-state index in [1.54, 1.807) is 0 Å². The topological polar surface area (TPSA) is 20.7 Å². The van der Waals surface area contributed by atoms with Gasteiger partial charge in [0, 0.05) is 36.0 Å². The molecule has 0 fully saturated rings. The third-order valence-electron chi connectivity index (χ3n) is 3.95. The first-order chi connectivity index (χ1) is 9.22. The zero-order valence-electron chi connectivity index (χ0n) is 11.8. The van der Waals surface area contributed by atoms with Crippen LogP contribution >= 0.6 is 0 Å². The van der Waals surface area contributed by atoms with Gasteiger partial charge in [-0.15, -0.1) is 0 Å². The summed E-state index contributed by atoms with van der Waals surface area (Å²) in [5.74, 6) is 0. The molecule has 98 valence electrons. The second-order valence-electron chi connectivity index (χ2n) is 5.11. The molecule has 1 N–H and O–H groups in total. The molecule has 2 aromatic heterocycles. The van der Waals surface area contributed by atoms with E-state index in [1.807, 2.05) is 0 Å². The number of aromatic amines is 1. The molecule has 0 saturated heterocycles. The molecule has 0 aliphatic rings. The van der Waals surface area contributed by atoms with Gasteiger partial charge in [0.1, 0.15) is 0 Å². The van der Waals surface area contributed by atoms with Gasteiger partial charge in [-0.1, -0.05) is 19.9 Å². The van der Waals surface area contributed by atoms with E-state index in [0.717, 1.165) is 12.8 Å². The third-order valence-corrected chi connectivity index (χ3v) is 3.95. The smallest absolute Gasteiger partial charge is 0.0457 e. The van der Waals surface area contributed by atoms with Crippen molar-refractivity contribution in [2.45, 2.75) is 26.7 Å². The number of aromatic nitrogens is 2. The van der Waals surface area contributed by atoms with Gasteiger partial charge in [-0.3, -0.25) is 0 Å². The molecule has 2 nitrogen and oxygen atoms in total. The Morgan fingerprint density at radius 2 is 1.89 bits per heavy atom. The summed E-state index contributed by atoms with van der Waals surface area (Å²) in [5.41, 5.74) is 6.61. The van der Waals surface area contributed by atoms with E-state index in [9.17, 15) is 0 Å². The fraction of sp³-hybridized carbons (Fsp3) is 0.294. The highest BCUT2D eigenvalue weighted by Crippen LogP contribution is 2.27. The molecule has 0 spiro atoms. The number of nitrogens with zero attached hydrogens (tertiary/aromatic N) is 1. The van der Waals surface area contributed by atoms with E-state index < -0.39 is 0 Å². The lowest BCUT2D eigenvalue weighted by Crippen LogP contribution is -1.90. The minimum Gasteiger partial charge on any atom is -0.361 e. The van der Waals surface area contributed by atoms with Crippen molar-refractivity contribution in [3.8, 4) is 11.1 Å². The largest absolute Gasteiger partial charge is 0.361 e. The molecule has 0 radical (unpaired) electrons. The van der Waals surface area contributed by atoms with Crippen molar-refractivity contribution < 1.29 is 0 Å². The Kier molecular flexibility index (Phi) is 2.94. The highest BCUT2D eigenvalue weighted by Gasteiger charge is 2.07. The Labute approximate surface area is 114 Å². The molecule has 0 amide bonds. The van der Waals surface area contributed by atoms with Crippen molar-refractivity contribution in [3.05, 3.63) is 47.9 Å². The minimum atomic E-state index is 1.07. The Bertz CT molecular complexity index is 716. The lowest BCUT2D eigenvalue weighted by Gasteiger charge is -2.00. The molecule has 0 bridgehead atoms. The van der Waals surface area contributed by atoms with Crippen LogP contribution in [0.5, 0.6) is 0 Å². The van der Waals surface area contributed by atoms with Crippen LogP contribution in [0.4, 0.5) is 0 Å². The summed E-state index contributed by atoms with van der Waals surface area (Å²) in [5, 5.41) is 1.35. The molecule has 0 aliphatic carbocycles. The lowest BCUT2D eigenvalue weighted by atomic mass is 10.0. The molecule has 0 aliphatic heterocycles. The van der Waals surface area contributed by atoms with Gasteiger partial charge in [0.2, 0.25) is 0 Å². The minimum absolute atomic E-state index is 1.07. The fourth-order valence-electron chi connectivity index (χ4n) is 2.77. The van der Waals surface area contributed by atoms with Gasteiger partial charge < -0.3 is 9.55 Å². The van der Waals surface area contributed by atoms with Crippen LogP contribution in [0.25, 0.3) is 22.0 Å². The first kappa shape index (κ1) is 12.1. The van der Waals surface area contributed by atoms with Gasteiger partial charge in [-0.2, -0.15) is 0 Å². The van der Waals surface area contributed by atoms with Crippen LogP contribution in [-0.4, -0.2) is 9.55 Å². The van der Waals surface area contributed by atoms with Crippen LogP contribution in [0, 0.1) is 0 Å². The molecule has 0 unspecified atom stereocenters. The van der Waals surface area contributed by atoms with Crippen LogP contribution in [0.3, 0.4) is 0 Å². The molecule has 0 atom stereocenters. The van der Waals surface area contributed by atoms with Crippen molar-refractivity contribution >= 4 is 10.9 Å². The zero-order chi connectivity index (χ0) is 13.4. The molecule has 3 aromatic rings. The van der Waals surface area contributed by atoms with E-state index in [2.05, 4.69) is 67.1 Å². The van der Waals surface area contributed by atoms with Crippen LogP contribution < -0.4 is 0 Å². The second-order valence-corrected chi connectivity index (χ2v) is 5.11. The van der Waals surface area contributed by atoms with Gasteiger partial charge in [-0.25, -0.2) is 0 Å². The second kappa shape index (κ2) is 4.61. The fourth-order valence-corrected chi connectivity index (χ4v) is 2.77. The average molecular weight is 252 g/mol. The summed E-state index contributed by atoms with van der Waals surface area (Å²) in [6.07, 6.45) is 6.48. The highest BCUT2D eigenvalue weighted by molar-refractivity contribution is 5.88. The van der Waals surface area contributed by atoms with E-state index >= 15 is 0 Å². The van der Waals surface area contributed by atoms with Gasteiger partial charge in [-0.05, 0) is 47.7 Å². The Morgan fingerprint density at radius 1 is 1.05 bits per heavy atom. The lowest BCUT2D eigenvalue weighted by molar-refractivity contribution is 0.838. The van der Waals surface area contributed by atoms with E-state index in [-0.39, 0.29) is 0 Å². The van der Waals surface area contributed by atoms with Crippen LogP contribution in [0.2, 0.25) is 0 Å². The summed E-state index contributed by atoms with van der Waals surface area (Å²) in [7, 11) is 2.12. The molecule has 2 heteroatoms. The van der Waals surface area contributed by atoms with Crippen molar-refractivity contribution in [3.63, 3.8) is 0 Å². The van der Waals surface area contributed by atoms with Gasteiger partial charge in [0.25, 0.3) is 0 Å². The third kappa shape index (κ3) is 1.97. The molecule has 0 saturated carbocycles. The van der Waals surface area contributed by atoms with Crippen LogP contribution in [0.1, 0.15) is 25.1 Å². The zero-order valence-corrected chi connectivity index (χ0v) is 11.8. The molecule has 2 heterocycles. The molecule has 3 rings (SSSR count). The van der Waals surface area contributed by atoms with Crippen molar-refractivity contribution in [1.82, 2.24) is 9.55 Å². The first-order valence-corrected chi connectivity index (χ1v) is 6.98. The van der Waals surface area contributed by atoms with E-state index in [0.29, 0.717) is 0 Å². The SMILES string of the molecule is CCc1c[nH]c2ccc(-c3cc(CC)n(C)c3)cc12. The van der Waals surface area contributed by atoms with E-state index in [1.165, 1.54) is 33.3 Å². The maximum Gasteiger partial charge on any atom is 0.0457 e. The van der Waals surface area contributed by atoms with Crippen molar-refractivity contribution in [1.29, 1.82) is 0 Å². The quantitative estimate of drug-likeness (QED) is 0.717. The Morgan fingerprint density at radius 3 is 2.58 bits per heavy atom. The normalized spacial score (nSPS) is 11.3. The number of benzene rings is 1. The first-order valence-electron chi connectivity index (χ1n) is 6.98. The number of nitrogens with one attached hydrogen (secondary N) is 1. The molecular weight excluding hydrogens is 232 g/mol. The summed E-state index contributed by atoms with van der Waals surface area (Å²) < 4.78 is 2.22. The van der Waals surface area contributed by atoms with Gasteiger partial charge >= 0.3 is 0 Å². The number of hydrogen-bond donors (Lipinski definition) is 1. The van der Waals surface area contributed by atoms with Gasteiger partial charge in [0.15, 0.2) is 0 Å².